The fourth-order valence-electron chi connectivity index (χ4n) is 3.93. The van der Waals surface area contributed by atoms with Gasteiger partial charge in [0.25, 0.3) is 11.5 Å². The molecule has 2 aromatic carbocycles. The lowest BCUT2D eigenvalue weighted by molar-refractivity contribution is 0.0932. The summed E-state index contributed by atoms with van der Waals surface area (Å²) in [5.74, 6) is -0.257. The second-order valence-corrected chi connectivity index (χ2v) is 7.20. The number of benzene rings is 2. The number of aryl methyl sites for hydroxylation is 1. The first-order valence-electron chi connectivity index (χ1n) is 9.68. The molecular formula is C22H24N4O2. The quantitative estimate of drug-likeness (QED) is 0.743. The summed E-state index contributed by atoms with van der Waals surface area (Å²) in [5.41, 5.74) is 1.28. The van der Waals surface area contributed by atoms with E-state index in [0.29, 0.717) is 17.3 Å². The highest BCUT2D eigenvalue weighted by molar-refractivity contribution is 6.04. The largest absolute Gasteiger partial charge is 0.349 e. The van der Waals surface area contributed by atoms with E-state index in [1.54, 1.807) is 25.2 Å². The summed E-state index contributed by atoms with van der Waals surface area (Å²) in [7, 11) is 1.57. The first-order valence-corrected chi connectivity index (χ1v) is 9.68. The Balaban J connectivity index is 1.60. The lowest BCUT2D eigenvalue weighted by Gasteiger charge is -2.28. The SMILES string of the molecule is Cn1nc(C(=O)NC[C@H](c2ccccc2)N2CCCC2)c2ccccc2c1=O. The van der Waals surface area contributed by atoms with Crippen molar-refractivity contribution < 1.29 is 4.79 Å². The second-order valence-electron chi connectivity index (χ2n) is 7.20. The van der Waals surface area contributed by atoms with Crippen LogP contribution in [0.15, 0.2) is 59.4 Å². The lowest BCUT2D eigenvalue weighted by atomic mass is 10.1. The van der Waals surface area contributed by atoms with Crippen LogP contribution in [0.4, 0.5) is 0 Å². The van der Waals surface area contributed by atoms with Crippen LogP contribution in [0.5, 0.6) is 0 Å². The predicted molar refractivity (Wildman–Crippen MR) is 109 cm³/mol. The monoisotopic (exact) mass is 376 g/mol. The number of carbonyl (C=O) groups excluding carboxylic acids is 1. The van der Waals surface area contributed by atoms with Gasteiger partial charge < -0.3 is 5.32 Å². The van der Waals surface area contributed by atoms with E-state index in [2.05, 4.69) is 27.4 Å². The van der Waals surface area contributed by atoms with Gasteiger partial charge in [-0.1, -0.05) is 48.5 Å². The van der Waals surface area contributed by atoms with Crippen LogP contribution < -0.4 is 10.9 Å². The van der Waals surface area contributed by atoms with Gasteiger partial charge in [0.05, 0.1) is 11.4 Å². The maximum Gasteiger partial charge on any atom is 0.274 e. The molecule has 0 saturated carbocycles. The minimum atomic E-state index is -0.257. The Morgan fingerprint density at radius 2 is 1.68 bits per heavy atom. The van der Waals surface area contributed by atoms with Crippen LogP contribution in [0.2, 0.25) is 0 Å². The lowest BCUT2D eigenvalue weighted by Crippen LogP contribution is -2.37. The fourth-order valence-corrected chi connectivity index (χ4v) is 3.93. The van der Waals surface area contributed by atoms with E-state index in [1.807, 2.05) is 24.3 Å². The number of fused-ring (bicyclic) bond motifs is 1. The number of likely N-dealkylation sites (tertiary alicyclic amines) is 1. The summed E-state index contributed by atoms with van der Waals surface area (Å²) in [6.45, 7) is 2.58. The molecule has 1 atom stereocenters. The molecule has 2 heterocycles. The van der Waals surface area contributed by atoms with Gasteiger partial charge in [-0.05, 0) is 37.6 Å². The molecule has 0 spiro atoms. The fraction of sp³-hybridized carbons (Fsp3) is 0.318. The molecule has 1 fully saturated rings. The minimum Gasteiger partial charge on any atom is -0.349 e. The van der Waals surface area contributed by atoms with Crippen molar-refractivity contribution in [2.75, 3.05) is 19.6 Å². The summed E-state index contributed by atoms with van der Waals surface area (Å²) in [6, 6.07) is 17.5. The van der Waals surface area contributed by atoms with Crippen LogP contribution in [0.1, 0.15) is 34.9 Å². The van der Waals surface area contributed by atoms with Gasteiger partial charge in [0.1, 0.15) is 0 Å². The van der Waals surface area contributed by atoms with Crippen molar-refractivity contribution in [1.82, 2.24) is 20.0 Å². The molecule has 6 heteroatoms. The van der Waals surface area contributed by atoms with Gasteiger partial charge >= 0.3 is 0 Å². The number of hydrogen-bond acceptors (Lipinski definition) is 4. The summed E-state index contributed by atoms with van der Waals surface area (Å²) in [5, 5.41) is 8.37. The maximum absolute atomic E-state index is 13.0. The number of aromatic nitrogens is 2. The highest BCUT2D eigenvalue weighted by atomic mass is 16.2. The number of nitrogens with one attached hydrogen (secondary N) is 1. The average molecular weight is 376 g/mol. The Morgan fingerprint density at radius 3 is 2.39 bits per heavy atom. The molecule has 1 aliphatic rings. The minimum absolute atomic E-state index is 0.131. The molecule has 1 saturated heterocycles. The molecule has 1 aromatic heterocycles. The molecule has 1 aliphatic heterocycles. The molecule has 0 bridgehead atoms. The zero-order valence-corrected chi connectivity index (χ0v) is 16.0. The van der Waals surface area contributed by atoms with Crippen molar-refractivity contribution in [2.45, 2.75) is 18.9 Å². The van der Waals surface area contributed by atoms with Gasteiger partial charge in [0.2, 0.25) is 0 Å². The van der Waals surface area contributed by atoms with Crippen molar-refractivity contribution in [2.24, 2.45) is 7.05 Å². The molecule has 4 rings (SSSR count). The van der Waals surface area contributed by atoms with Crippen molar-refractivity contribution in [3.63, 3.8) is 0 Å². The van der Waals surface area contributed by atoms with Crippen LogP contribution in [0.25, 0.3) is 10.8 Å². The van der Waals surface area contributed by atoms with E-state index in [-0.39, 0.29) is 23.2 Å². The first-order chi connectivity index (χ1) is 13.6. The molecule has 1 N–H and O–H groups in total. The number of carbonyl (C=O) groups is 1. The van der Waals surface area contributed by atoms with Crippen molar-refractivity contribution in [3.05, 3.63) is 76.2 Å². The molecule has 6 nitrogen and oxygen atoms in total. The number of rotatable bonds is 5. The maximum atomic E-state index is 13.0. The third kappa shape index (κ3) is 3.55. The molecule has 1 amide bonds. The predicted octanol–water partition coefficient (Wildman–Crippen LogP) is 2.50. The number of nitrogens with zero attached hydrogens (tertiary/aromatic N) is 3. The van der Waals surface area contributed by atoms with Gasteiger partial charge in [-0.2, -0.15) is 5.10 Å². The Bertz CT molecular complexity index is 1040. The molecule has 144 valence electrons. The highest BCUT2D eigenvalue weighted by Gasteiger charge is 2.24. The smallest absolute Gasteiger partial charge is 0.274 e. The number of hydrogen-bond donors (Lipinski definition) is 1. The van der Waals surface area contributed by atoms with E-state index in [9.17, 15) is 9.59 Å². The van der Waals surface area contributed by atoms with Crippen LogP contribution in [-0.2, 0) is 7.05 Å². The van der Waals surface area contributed by atoms with E-state index in [4.69, 9.17) is 0 Å². The summed E-state index contributed by atoms with van der Waals surface area (Å²) >= 11 is 0. The van der Waals surface area contributed by atoms with Gasteiger partial charge in [0.15, 0.2) is 5.69 Å². The van der Waals surface area contributed by atoms with Crippen LogP contribution >= 0.6 is 0 Å². The Morgan fingerprint density at radius 1 is 1.04 bits per heavy atom. The third-order valence-electron chi connectivity index (χ3n) is 5.39. The van der Waals surface area contributed by atoms with Crippen molar-refractivity contribution >= 4 is 16.7 Å². The van der Waals surface area contributed by atoms with E-state index >= 15 is 0 Å². The zero-order valence-electron chi connectivity index (χ0n) is 16.0. The van der Waals surface area contributed by atoms with Gasteiger partial charge in [-0.15, -0.1) is 0 Å². The molecule has 3 aromatic rings. The van der Waals surface area contributed by atoms with Gasteiger partial charge in [-0.25, -0.2) is 4.68 Å². The molecule has 0 unspecified atom stereocenters. The molecule has 0 aliphatic carbocycles. The van der Waals surface area contributed by atoms with Crippen LogP contribution in [-0.4, -0.2) is 40.2 Å². The normalized spacial score (nSPS) is 15.6. The standard InChI is InChI=1S/C22H24N4O2/c1-25-22(28)18-12-6-5-11-17(18)20(24-25)21(27)23-15-19(26-13-7-8-14-26)16-9-3-2-4-10-16/h2-6,9-12,19H,7-8,13-15H2,1H3,(H,23,27)/t19-/m1/s1. The summed E-state index contributed by atoms with van der Waals surface area (Å²) in [4.78, 5) is 27.7. The van der Waals surface area contributed by atoms with Crippen LogP contribution in [0.3, 0.4) is 0 Å². The zero-order chi connectivity index (χ0) is 19.5. The third-order valence-corrected chi connectivity index (χ3v) is 5.39. The molecule has 0 radical (unpaired) electrons. The van der Waals surface area contributed by atoms with E-state index in [0.717, 1.165) is 13.1 Å². The van der Waals surface area contributed by atoms with Gasteiger partial charge in [0, 0.05) is 19.0 Å². The van der Waals surface area contributed by atoms with Crippen molar-refractivity contribution in [3.8, 4) is 0 Å². The van der Waals surface area contributed by atoms with Gasteiger partial charge in [-0.3, -0.25) is 14.5 Å². The van der Waals surface area contributed by atoms with Crippen LogP contribution in [0, 0.1) is 0 Å². The second kappa shape index (κ2) is 7.94. The topological polar surface area (TPSA) is 67.2 Å². The van der Waals surface area contributed by atoms with E-state index < -0.39 is 0 Å². The summed E-state index contributed by atoms with van der Waals surface area (Å²) < 4.78 is 1.23. The van der Waals surface area contributed by atoms with Crippen molar-refractivity contribution in [1.29, 1.82) is 0 Å². The Labute approximate surface area is 163 Å². The average Bonchev–Trinajstić information content (AvgIpc) is 3.26. The highest BCUT2D eigenvalue weighted by Crippen LogP contribution is 2.24. The summed E-state index contributed by atoms with van der Waals surface area (Å²) in [6.07, 6.45) is 2.37. The molecule has 28 heavy (non-hydrogen) atoms. The Kier molecular flexibility index (Phi) is 5.21. The molecular weight excluding hydrogens is 352 g/mol. The first kappa shape index (κ1) is 18.4. The Hall–Kier alpha value is -2.99. The van der Waals surface area contributed by atoms with E-state index in [1.165, 1.54) is 23.1 Å². The number of amides is 1.